The maximum absolute atomic E-state index is 14.5. The van der Waals surface area contributed by atoms with E-state index in [9.17, 15) is 19.3 Å². The fourth-order valence-corrected chi connectivity index (χ4v) is 4.16. The van der Waals surface area contributed by atoms with E-state index in [0.717, 1.165) is 17.3 Å². The first-order chi connectivity index (χ1) is 16.4. The second-order valence-electron chi connectivity index (χ2n) is 7.40. The Morgan fingerprint density at radius 2 is 1.79 bits per heavy atom. The van der Waals surface area contributed by atoms with Gasteiger partial charge < -0.3 is 5.32 Å². The number of amides is 1. The maximum Gasteiger partial charge on any atom is 0.274 e. The second-order valence-corrected chi connectivity index (χ2v) is 8.34. The minimum Gasteiger partial charge on any atom is -0.325 e. The zero-order valence-electron chi connectivity index (χ0n) is 18.1. The Labute approximate surface area is 199 Å². The molecule has 0 atom stereocenters. The van der Waals surface area contributed by atoms with Crippen LogP contribution in [0.3, 0.4) is 0 Å². The molecule has 0 unspecified atom stereocenters. The van der Waals surface area contributed by atoms with Crippen molar-refractivity contribution in [1.29, 1.82) is 0 Å². The Kier molecular flexibility index (Phi) is 6.98. The summed E-state index contributed by atoms with van der Waals surface area (Å²) in [5.74, 6) is -0.416. The van der Waals surface area contributed by atoms with Crippen LogP contribution in [0.4, 0.5) is 15.8 Å². The van der Waals surface area contributed by atoms with Crippen molar-refractivity contribution in [2.45, 2.75) is 18.6 Å². The van der Waals surface area contributed by atoms with Gasteiger partial charge in [0, 0.05) is 6.07 Å². The number of aromatic nitrogens is 3. The summed E-state index contributed by atoms with van der Waals surface area (Å²) < 4.78 is 16.3. The average Bonchev–Trinajstić information content (AvgIpc) is 3.22. The number of carbonyl (C=O) groups excluding carboxylic acids is 1. The SMILES string of the molecule is Cc1c(NC(=O)CSc2nnc(-c3ccccc3F)n2Cc2ccccc2)cccc1[N+](=O)[O-]. The van der Waals surface area contributed by atoms with Gasteiger partial charge in [-0.1, -0.05) is 60.3 Å². The Bertz CT molecular complexity index is 1340. The highest BCUT2D eigenvalue weighted by atomic mass is 32.2. The molecule has 10 heteroatoms. The predicted octanol–water partition coefficient (Wildman–Crippen LogP) is 5.08. The normalized spacial score (nSPS) is 10.8. The molecular formula is C24H20FN5O3S. The maximum atomic E-state index is 14.5. The fourth-order valence-electron chi connectivity index (χ4n) is 3.42. The molecule has 172 valence electrons. The third kappa shape index (κ3) is 5.12. The zero-order valence-corrected chi connectivity index (χ0v) is 19.0. The van der Waals surface area contributed by atoms with Crippen LogP contribution in [0.25, 0.3) is 11.4 Å². The first kappa shape index (κ1) is 23.1. The van der Waals surface area contributed by atoms with Gasteiger partial charge >= 0.3 is 0 Å². The van der Waals surface area contributed by atoms with E-state index in [1.54, 1.807) is 35.8 Å². The summed E-state index contributed by atoms with van der Waals surface area (Å²) in [6, 6.07) is 20.4. The van der Waals surface area contributed by atoms with Gasteiger partial charge in [-0.15, -0.1) is 10.2 Å². The first-order valence-electron chi connectivity index (χ1n) is 10.3. The molecule has 8 nitrogen and oxygen atoms in total. The van der Waals surface area contributed by atoms with Crippen molar-refractivity contribution in [2.24, 2.45) is 0 Å². The summed E-state index contributed by atoms with van der Waals surface area (Å²) in [7, 11) is 0. The Hall–Kier alpha value is -4.05. The van der Waals surface area contributed by atoms with Crippen LogP contribution in [0, 0.1) is 22.9 Å². The highest BCUT2D eigenvalue weighted by molar-refractivity contribution is 7.99. The van der Waals surface area contributed by atoms with E-state index in [1.165, 1.54) is 18.2 Å². The summed E-state index contributed by atoms with van der Waals surface area (Å²) in [4.78, 5) is 23.3. The van der Waals surface area contributed by atoms with Crippen molar-refractivity contribution < 1.29 is 14.1 Å². The van der Waals surface area contributed by atoms with Gasteiger partial charge in [0.2, 0.25) is 5.91 Å². The third-order valence-electron chi connectivity index (χ3n) is 5.12. The molecule has 0 aliphatic heterocycles. The second kappa shape index (κ2) is 10.3. The van der Waals surface area contributed by atoms with Gasteiger partial charge in [0.25, 0.3) is 5.69 Å². The number of nitro benzene ring substituents is 1. The first-order valence-corrected chi connectivity index (χ1v) is 11.3. The van der Waals surface area contributed by atoms with Crippen LogP contribution < -0.4 is 5.32 Å². The largest absolute Gasteiger partial charge is 0.325 e. The highest BCUT2D eigenvalue weighted by Gasteiger charge is 2.19. The van der Waals surface area contributed by atoms with Gasteiger partial charge in [0.1, 0.15) is 5.82 Å². The topological polar surface area (TPSA) is 103 Å². The van der Waals surface area contributed by atoms with Crippen LogP contribution in [-0.4, -0.2) is 31.3 Å². The van der Waals surface area contributed by atoms with Crippen molar-refractivity contribution >= 4 is 29.0 Å². The van der Waals surface area contributed by atoms with Crippen LogP contribution in [-0.2, 0) is 11.3 Å². The third-order valence-corrected chi connectivity index (χ3v) is 6.09. The van der Waals surface area contributed by atoms with Crippen LogP contribution in [0.15, 0.2) is 78.0 Å². The number of carbonyl (C=O) groups is 1. The van der Waals surface area contributed by atoms with Crippen LogP contribution in [0.5, 0.6) is 0 Å². The quantitative estimate of drug-likeness (QED) is 0.216. The molecule has 1 N–H and O–H groups in total. The van der Waals surface area contributed by atoms with Gasteiger partial charge in [-0.3, -0.25) is 19.5 Å². The summed E-state index contributed by atoms with van der Waals surface area (Å²) >= 11 is 1.15. The summed E-state index contributed by atoms with van der Waals surface area (Å²) in [5, 5.41) is 22.7. The minimum absolute atomic E-state index is 0.00761. The lowest BCUT2D eigenvalue weighted by atomic mass is 10.1. The lowest BCUT2D eigenvalue weighted by Crippen LogP contribution is -2.16. The minimum atomic E-state index is -0.490. The molecule has 0 aliphatic rings. The molecule has 1 heterocycles. The lowest BCUT2D eigenvalue weighted by molar-refractivity contribution is -0.385. The Balaban J connectivity index is 1.56. The highest BCUT2D eigenvalue weighted by Crippen LogP contribution is 2.28. The van der Waals surface area contributed by atoms with Gasteiger partial charge in [-0.2, -0.15) is 0 Å². The van der Waals surface area contributed by atoms with Crippen molar-refractivity contribution in [3.8, 4) is 11.4 Å². The van der Waals surface area contributed by atoms with Gasteiger partial charge in [0.15, 0.2) is 11.0 Å². The van der Waals surface area contributed by atoms with Crippen molar-refractivity contribution in [1.82, 2.24) is 14.8 Å². The summed E-state index contributed by atoms with van der Waals surface area (Å²) in [6.45, 7) is 1.98. The van der Waals surface area contributed by atoms with E-state index in [2.05, 4.69) is 15.5 Å². The molecule has 1 aromatic heterocycles. The zero-order chi connectivity index (χ0) is 24.1. The molecule has 0 saturated heterocycles. The van der Waals surface area contributed by atoms with E-state index >= 15 is 0 Å². The van der Waals surface area contributed by atoms with E-state index in [0.29, 0.717) is 34.3 Å². The predicted molar refractivity (Wildman–Crippen MR) is 128 cm³/mol. The number of nitrogens with one attached hydrogen (secondary N) is 1. The van der Waals surface area contributed by atoms with Gasteiger partial charge in [-0.05, 0) is 30.7 Å². The number of anilines is 1. The van der Waals surface area contributed by atoms with E-state index < -0.39 is 10.7 Å². The van der Waals surface area contributed by atoms with Crippen molar-refractivity contribution in [3.05, 3.63) is 99.9 Å². The van der Waals surface area contributed by atoms with E-state index in [1.807, 2.05) is 30.3 Å². The fraction of sp³-hybridized carbons (Fsp3) is 0.125. The van der Waals surface area contributed by atoms with Crippen LogP contribution >= 0.6 is 11.8 Å². The number of benzene rings is 3. The molecule has 0 aliphatic carbocycles. The number of rotatable bonds is 8. The van der Waals surface area contributed by atoms with Crippen molar-refractivity contribution in [3.63, 3.8) is 0 Å². The molecule has 34 heavy (non-hydrogen) atoms. The molecule has 3 aromatic carbocycles. The van der Waals surface area contributed by atoms with E-state index in [4.69, 9.17) is 0 Å². The molecule has 4 aromatic rings. The number of halogens is 1. The molecule has 0 bridgehead atoms. The molecule has 0 radical (unpaired) electrons. The molecular weight excluding hydrogens is 457 g/mol. The molecule has 1 amide bonds. The van der Waals surface area contributed by atoms with Crippen LogP contribution in [0.1, 0.15) is 11.1 Å². The summed E-state index contributed by atoms with van der Waals surface area (Å²) in [6.07, 6.45) is 0. The number of thioether (sulfide) groups is 1. The molecule has 4 rings (SSSR count). The Morgan fingerprint density at radius 1 is 1.06 bits per heavy atom. The lowest BCUT2D eigenvalue weighted by Gasteiger charge is -2.11. The monoisotopic (exact) mass is 477 g/mol. The van der Waals surface area contributed by atoms with E-state index in [-0.39, 0.29) is 17.3 Å². The smallest absolute Gasteiger partial charge is 0.274 e. The summed E-state index contributed by atoms with van der Waals surface area (Å²) in [5.41, 5.74) is 1.97. The van der Waals surface area contributed by atoms with Crippen molar-refractivity contribution in [2.75, 3.05) is 11.1 Å². The molecule has 0 saturated carbocycles. The average molecular weight is 478 g/mol. The van der Waals surface area contributed by atoms with Gasteiger partial charge in [-0.25, -0.2) is 4.39 Å². The molecule has 0 fully saturated rings. The number of hydrogen-bond donors (Lipinski definition) is 1. The standard InChI is InChI=1S/C24H20FN5O3S/c1-16-20(12-7-13-21(16)30(32)33)26-22(31)15-34-24-28-27-23(18-10-5-6-11-19(18)25)29(24)14-17-8-3-2-4-9-17/h2-13H,14-15H2,1H3,(H,26,31). The number of nitro groups is 1. The van der Waals surface area contributed by atoms with Gasteiger partial charge in [0.05, 0.1) is 34.0 Å². The number of hydrogen-bond acceptors (Lipinski definition) is 6. The number of nitrogens with zero attached hydrogens (tertiary/aromatic N) is 4. The van der Waals surface area contributed by atoms with Crippen LogP contribution in [0.2, 0.25) is 0 Å². The Morgan fingerprint density at radius 3 is 2.53 bits per heavy atom. The molecule has 0 spiro atoms.